The molecule has 6 nitrogen and oxygen atoms in total. The Labute approximate surface area is 105 Å². The molecule has 0 spiro atoms. The standard InChI is InChI=1S/C11H8N2O4S/c14-9(10-4-2-6-18-10)7-12-5-1-3-8(11(12)15)13(16)17/h1-6H,7H2. The Balaban J connectivity index is 2.31. The highest BCUT2D eigenvalue weighted by Gasteiger charge is 2.15. The number of pyridine rings is 1. The van der Waals surface area contributed by atoms with Gasteiger partial charge < -0.3 is 4.57 Å². The molecule has 0 aliphatic carbocycles. The Kier molecular flexibility index (Phi) is 3.33. The van der Waals surface area contributed by atoms with Crippen LogP contribution in [0.25, 0.3) is 0 Å². The lowest BCUT2D eigenvalue weighted by atomic mass is 10.3. The first kappa shape index (κ1) is 12.2. The smallest absolute Gasteiger partial charge is 0.302 e. The van der Waals surface area contributed by atoms with Gasteiger partial charge in [-0.3, -0.25) is 19.7 Å². The molecule has 0 aromatic carbocycles. The molecule has 2 rings (SSSR count). The van der Waals surface area contributed by atoms with Gasteiger partial charge in [-0.2, -0.15) is 0 Å². The summed E-state index contributed by atoms with van der Waals surface area (Å²) in [7, 11) is 0. The van der Waals surface area contributed by atoms with Crippen molar-refractivity contribution in [3.8, 4) is 0 Å². The van der Waals surface area contributed by atoms with E-state index < -0.39 is 16.2 Å². The summed E-state index contributed by atoms with van der Waals surface area (Å²) in [6, 6.07) is 5.87. The zero-order valence-electron chi connectivity index (χ0n) is 9.11. The maximum atomic E-state index is 11.8. The molecule has 0 amide bonds. The van der Waals surface area contributed by atoms with Gasteiger partial charge >= 0.3 is 11.2 Å². The molecule has 0 bridgehead atoms. The number of carbonyl (C=O) groups is 1. The molecule has 18 heavy (non-hydrogen) atoms. The van der Waals surface area contributed by atoms with E-state index in [1.807, 2.05) is 0 Å². The lowest BCUT2D eigenvalue weighted by molar-refractivity contribution is -0.386. The molecule has 2 heterocycles. The maximum Gasteiger partial charge on any atom is 0.334 e. The van der Waals surface area contributed by atoms with Crippen LogP contribution in [0.4, 0.5) is 5.69 Å². The fraction of sp³-hybridized carbons (Fsp3) is 0.0909. The van der Waals surface area contributed by atoms with E-state index in [1.165, 1.54) is 23.6 Å². The van der Waals surface area contributed by atoms with E-state index in [0.717, 1.165) is 10.6 Å². The number of nitro groups is 1. The second-order valence-corrected chi connectivity index (χ2v) is 4.43. The van der Waals surface area contributed by atoms with Crippen molar-refractivity contribution in [2.24, 2.45) is 0 Å². The third kappa shape index (κ3) is 2.35. The highest BCUT2D eigenvalue weighted by Crippen LogP contribution is 2.10. The first-order valence-corrected chi connectivity index (χ1v) is 5.88. The first-order chi connectivity index (χ1) is 8.59. The van der Waals surface area contributed by atoms with Crippen LogP contribution in [0.1, 0.15) is 9.67 Å². The van der Waals surface area contributed by atoms with Crippen LogP contribution in [0.3, 0.4) is 0 Å². The van der Waals surface area contributed by atoms with Gasteiger partial charge in [-0.25, -0.2) is 0 Å². The van der Waals surface area contributed by atoms with Crippen molar-refractivity contribution in [3.05, 3.63) is 61.2 Å². The molecule has 0 radical (unpaired) electrons. The number of aromatic nitrogens is 1. The van der Waals surface area contributed by atoms with E-state index in [1.54, 1.807) is 17.5 Å². The van der Waals surface area contributed by atoms with Gasteiger partial charge in [0.25, 0.3) is 0 Å². The van der Waals surface area contributed by atoms with Crippen molar-refractivity contribution in [1.82, 2.24) is 4.57 Å². The van der Waals surface area contributed by atoms with Crippen LogP contribution in [0.15, 0.2) is 40.6 Å². The molecule has 92 valence electrons. The summed E-state index contributed by atoms with van der Waals surface area (Å²) < 4.78 is 1.04. The van der Waals surface area contributed by atoms with Crippen molar-refractivity contribution in [1.29, 1.82) is 0 Å². The van der Waals surface area contributed by atoms with Gasteiger partial charge in [0.05, 0.1) is 16.3 Å². The average Bonchev–Trinajstić information content (AvgIpc) is 2.85. The Bertz CT molecular complexity index is 645. The fourth-order valence-corrected chi connectivity index (χ4v) is 2.11. The minimum atomic E-state index is -0.771. The summed E-state index contributed by atoms with van der Waals surface area (Å²) in [6.07, 6.45) is 1.36. The predicted molar refractivity (Wildman–Crippen MR) is 66.0 cm³/mol. The van der Waals surface area contributed by atoms with Gasteiger partial charge in [-0.1, -0.05) is 6.07 Å². The third-order valence-corrected chi connectivity index (χ3v) is 3.22. The molecule has 0 saturated heterocycles. The Morgan fingerprint density at radius 3 is 2.78 bits per heavy atom. The predicted octanol–water partition coefficient (Wildman–Crippen LogP) is 1.70. The van der Waals surface area contributed by atoms with Crippen LogP contribution >= 0.6 is 11.3 Å². The molecule has 0 fully saturated rings. The topological polar surface area (TPSA) is 82.2 Å². The second-order valence-electron chi connectivity index (χ2n) is 3.48. The number of thiophene rings is 1. The van der Waals surface area contributed by atoms with Gasteiger partial charge in [0.1, 0.15) is 0 Å². The lowest BCUT2D eigenvalue weighted by Crippen LogP contribution is -2.25. The molecule has 0 saturated carbocycles. The number of carbonyl (C=O) groups excluding carboxylic acids is 1. The quantitative estimate of drug-likeness (QED) is 0.478. The zero-order chi connectivity index (χ0) is 13.1. The fourth-order valence-electron chi connectivity index (χ4n) is 1.46. The molecule has 7 heteroatoms. The summed E-state index contributed by atoms with van der Waals surface area (Å²) in [5, 5.41) is 12.4. The van der Waals surface area contributed by atoms with Gasteiger partial charge in [-0.15, -0.1) is 11.3 Å². The SMILES string of the molecule is O=C(Cn1cccc([N+](=O)[O-])c1=O)c1cccs1. The second kappa shape index (κ2) is 4.92. The van der Waals surface area contributed by atoms with Crippen molar-refractivity contribution in [2.45, 2.75) is 6.54 Å². The maximum absolute atomic E-state index is 11.8. The van der Waals surface area contributed by atoms with Gasteiger partial charge in [0.15, 0.2) is 5.78 Å². The molecular weight excluding hydrogens is 256 g/mol. The highest BCUT2D eigenvalue weighted by atomic mass is 32.1. The van der Waals surface area contributed by atoms with E-state index in [9.17, 15) is 19.7 Å². The largest absolute Gasteiger partial charge is 0.334 e. The number of Topliss-reactive ketones (excluding diaryl/α,β-unsaturated/α-hetero) is 1. The number of rotatable bonds is 4. The number of ketones is 1. The van der Waals surface area contributed by atoms with Crippen LogP contribution < -0.4 is 5.56 Å². The number of hydrogen-bond donors (Lipinski definition) is 0. The van der Waals surface area contributed by atoms with Crippen LogP contribution in [0.2, 0.25) is 0 Å². The van der Waals surface area contributed by atoms with Gasteiger partial charge in [0.2, 0.25) is 0 Å². The summed E-state index contributed by atoms with van der Waals surface area (Å²) in [6.45, 7) is -0.193. The van der Waals surface area contributed by atoms with Crippen LogP contribution in [0, 0.1) is 10.1 Å². The van der Waals surface area contributed by atoms with Gasteiger partial charge in [0, 0.05) is 12.3 Å². The van der Waals surface area contributed by atoms with E-state index >= 15 is 0 Å². The van der Waals surface area contributed by atoms with Crippen molar-refractivity contribution >= 4 is 22.8 Å². The Hall–Kier alpha value is -2.28. The summed E-state index contributed by atoms with van der Waals surface area (Å²) >= 11 is 1.27. The van der Waals surface area contributed by atoms with E-state index in [0.29, 0.717) is 4.88 Å². The van der Waals surface area contributed by atoms with Crippen molar-refractivity contribution < 1.29 is 9.72 Å². The van der Waals surface area contributed by atoms with Gasteiger partial charge in [-0.05, 0) is 17.5 Å². The lowest BCUT2D eigenvalue weighted by Gasteiger charge is -2.02. The van der Waals surface area contributed by atoms with Crippen LogP contribution in [0.5, 0.6) is 0 Å². The number of hydrogen-bond acceptors (Lipinski definition) is 5. The molecule has 2 aromatic rings. The molecular formula is C11H8N2O4S. The van der Waals surface area contributed by atoms with E-state index in [4.69, 9.17) is 0 Å². The molecule has 0 N–H and O–H groups in total. The third-order valence-electron chi connectivity index (χ3n) is 2.31. The molecule has 0 unspecified atom stereocenters. The molecule has 0 aliphatic heterocycles. The zero-order valence-corrected chi connectivity index (χ0v) is 9.92. The summed E-state index contributed by atoms with van der Waals surface area (Å²) in [5.74, 6) is -0.243. The molecule has 2 aromatic heterocycles. The minimum absolute atomic E-state index is 0.193. The molecule has 0 aliphatic rings. The van der Waals surface area contributed by atoms with Crippen molar-refractivity contribution in [3.63, 3.8) is 0 Å². The highest BCUT2D eigenvalue weighted by molar-refractivity contribution is 7.12. The minimum Gasteiger partial charge on any atom is -0.302 e. The summed E-state index contributed by atoms with van der Waals surface area (Å²) in [5.41, 5.74) is -1.30. The summed E-state index contributed by atoms with van der Waals surface area (Å²) in [4.78, 5) is 33.8. The molecule has 0 atom stereocenters. The van der Waals surface area contributed by atoms with Crippen molar-refractivity contribution in [2.75, 3.05) is 0 Å². The van der Waals surface area contributed by atoms with Crippen LogP contribution in [-0.4, -0.2) is 15.3 Å². The normalized spacial score (nSPS) is 10.2. The Morgan fingerprint density at radius 1 is 1.39 bits per heavy atom. The van der Waals surface area contributed by atoms with E-state index in [2.05, 4.69) is 0 Å². The van der Waals surface area contributed by atoms with Crippen LogP contribution in [-0.2, 0) is 6.54 Å². The van der Waals surface area contributed by atoms with E-state index in [-0.39, 0.29) is 12.3 Å². The average molecular weight is 264 g/mol. The number of nitrogens with zero attached hydrogens (tertiary/aromatic N) is 2. The first-order valence-electron chi connectivity index (χ1n) is 5.00. The Morgan fingerprint density at radius 2 is 2.17 bits per heavy atom. The monoisotopic (exact) mass is 264 g/mol.